The van der Waals surface area contributed by atoms with Crippen molar-refractivity contribution in [1.82, 2.24) is 20.0 Å². The molecule has 0 aliphatic carbocycles. The monoisotopic (exact) mass is 309 g/mol. The zero-order valence-corrected chi connectivity index (χ0v) is 12.2. The lowest BCUT2D eigenvalue weighted by Gasteiger charge is -2.06. The Kier molecular flexibility index (Phi) is 2.97. The van der Waals surface area contributed by atoms with Crippen LogP contribution in [-0.2, 0) is 0 Å². The molecule has 4 aromatic rings. The van der Waals surface area contributed by atoms with E-state index in [0.29, 0.717) is 11.5 Å². The molecular weight excluding hydrogens is 298 g/mol. The van der Waals surface area contributed by atoms with Crippen molar-refractivity contribution >= 4 is 38.4 Å². The number of carbonyl (C=O) groups excluding carboxylic acids is 1. The third-order valence-corrected chi connectivity index (χ3v) is 4.28. The minimum Gasteiger partial charge on any atom is -0.267 e. The molecule has 0 saturated heterocycles. The molecule has 0 bridgehead atoms. The zero-order chi connectivity index (χ0) is 14.9. The first-order valence-electron chi connectivity index (χ1n) is 6.67. The predicted molar refractivity (Wildman–Crippen MR) is 85.9 cm³/mol. The molecule has 6 nitrogen and oxygen atoms in total. The minimum atomic E-state index is -0.225. The van der Waals surface area contributed by atoms with E-state index in [1.807, 2.05) is 46.9 Å². The van der Waals surface area contributed by atoms with E-state index in [1.54, 1.807) is 23.5 Å². The second-order valence-corrected chi connectivity index (χ2v) is 5.67. The van der Waals surface area contributed by atoms with Crippen LogP contribution in [-0.4, -0.2) is 20.5 Å². The lowest BCUT2D eigenvalue weighted by atomic mass is 10.2. The van der Waals surface area contributed by atoms with Gasteiger partial charge in [-0.05, 0) is 24.3 Å². The van der Waals surface area contributed by atoms with Crippen molar-refractivity contribution in [3.63, 3.8) is 0 Å². The van der Waals surface area contributed by atoms with E-state index in [4.69, 9.17) is 0 Å². The molecule has 0 aliphatic rings. The molecule has 1 amide bonds. The second-order valence-electron chi connectivity index (χ2n) is 4.66. The number of hydrazine groups is 1. The third-order valence-electron chi connectivity index (χ3n) is 3.26. The highest BCUT2D eigenvalue weighted by molar-refractivity contribution is 7.23. The first-order chi connectivity index (χ1) is 10.8. The van der Waals surface area contributed by atoms with Crippen LogP contribution in [0.4, 0.5) is 5.95 Å². The fourth-order valence-electron chi connectivity index (χ4n) is 2.24. The number of rotatable bonds is 3. The number of thiazole rings is 1. The predicted octanol–water partition coefficient (Wildman–Crippen LogP) is 2.70. The highest BCUT2D eigenvalue weighted by Gasteiger charge is 2.12. The van der Waals surface area contributed by atoms with Crippen molar-refractivity contribution in [1.29, 1.82) is 0 Å². The summed E-state index contributed by atoms with van der Waals surface area (Å²) in [5.41, 5.74) is 7.06. The maximum atomic E-state index is 12.0. The van der Waals surface area contributed by atoms with E-state index >= 15 is 0 Å². The highest BCUT2D eigenvalue weighted by Crippen LogP contribution is 2.27. The number of para-hydroxylation sites is 1. The van der Waals surface area contributed by atoms with Crippen molar-refractivity contribution in [3.8, 4) is 0 Å². The summed E-state index contributed by atoms with van der Waals surface area (Å²) < 4.78 is 3.00. The van der Waals surface area contributed by atoms with Gasteiger partial charge in [-0.25, -0.2) is 0 Å². The van der Waals surface area contributed by atoms with Crippen molar-refractivity contribution in [3.05, 3.63) is 60.2 Å². The standard InChI is InChI=1S/C15H11N5OS/c21-13(10-6-2-1-3-7-10)16-17-14-18-19-15-20(14)11-8-4-5-9-12(11)22-15/h1-9H,(H,16,21)(H,17,18). The molecule has 0 spiro atoms. The van der Waals surface area contributed by atoms with Gasteiger partial charge >= 0.3 is 0 Å². The highest BCUT2D eigenvalue weighted by atomic mass is 32.1. The van der Waals surface area contributed by atoms with E-state index in [2.05, 4.69) is 21.0 Å². The fraction of sp³-hybridized carbons (Fsp3) is 0. The molecule has 0 atom stereocenters. The number of fused-ring (bicyclic) bond motifs is 3. The lowest BCUT2D eigenvalue weighted by Crippen LogP contribution is -2.30. The molecule has 2 aromatic carbocycles. The number of nitrogens with zero attached hydrogens (tertiary/aromatic N) is 3. The summed E-state index contributed by atoms with van der Waals surface area (Å²) >= 11 is 1.55. The number of hydrogen-bond acceptors (Lipinski definition) is 5. The molecule has 4 rings (SSSR count). The van der Waals surface area contributed by atoms with Gasteiger partial charge in [-0.2, -0.15) is 0 Å². The summed E-state index contributed by atoms with van der Waals surface area (Å²) in [5, 5.41) is 8.19. The van der Waals surface area contributed by atoms with Crippen molar-refractivity contribution < 1.29 is 4.79 Å². The van der Waals surface area contributed by atoms with Gasteiger partial charge in [0.15, 0.2) is 0 Å². The molecule has 0 radical (unpaired) electrons. The van der Waals surface area contributed by atoms with E-state index in [0.717, 1.165) is 15.2 Å². The normalized spacial score (nSPS) is 10.9. The van der Waals surface area contributed by atoms with Gasteiger partial charge in [-0.15, -0.1) is 10.2 Å². The third kappa shape index (κ3) is 2.08. The molecule has 108 valence electrons. The van der Waals surface area contributed by atoms with Gasteiger partial charge in [0.25, 0.3) is 5.91 Å². The summed E-state index contributed by atoms with van der Waals surface area (Å²) in [6, 6.07) is 17.0. The van der Waals surface area contributed by atoms with Gasteiger partial charge < -0.3 is 0 Å². The Bertz CT molecular complexity index is 960. The number of hydrogen-bond donors (Lipinski definition) is 2. The average molecular weight is 309 g/mol. The van der Waals surface area contributed by atoms with Crippen molar-refractivity contribution in [2.24, 2.45) is 0 Å². The molecule has 0 aliphatic heterocycles. The number of aromatic nitrogens is 3. The number of amides is 1. The molecule has 22 heavy (non-hydrogen) atoms. The Morgan fingerprint density at radius 2 is 1.77 bits per heavy atom. The first-order valence-corrected chi connectivity index (χ1v) is 7.48. The van der Waals surface area contributed by atoms with E-state index in [9.17, 15) is 4.79 Å². The SMILES string of the molecule is O=C(NNc1nnc2sc3ccccc3n12)c1ccccc1. The van der Waals surface area contributed by atoms with Crippen LogP contribution in [0, 0.1) is 0 Å². The zero-order valence-electron chi connectivity index (χ0n) is 11.4. The smallest absolute Gasteiger partial charge is 0.267 e. The Labute approximate surface area is 129 Å². The molecule has 0 unspecified atom stereocenters. The van der Waals surface area contributed by atoms with Crippen LogP contribution in [0.15, 0.2) is 54.6 Å². The fourth-order valence-corrected chi connectivity index (χ4v) is 3.20. The quantitative estimate of drug-likeness (QED) is 0.571. The van der Waals surface area contributed by atoms with E-state index in [1.165, 1.54) is 0 Å². The van der Waals surface area contributed by atoms with Gasteiger partial charge in [-0.1, -0.05) is 41.7 Å². The van der Waals surface area contributed by atoms with Gasteiger partial charge in [0.1, 0.15) is 0 Å². The summed E-state index contributed by atoms with van der Waals surface area (Å²) in [6.07, 6.45) is 0. The van der Waals surface area contributed by atoms with Crippen LogP contribution in [0.2, 0.25) is 0 Å². The van der Waals surface area contributed by atoms with Crippen molar-refractivity contribution in [2.75, 3.05) is 5.43 Å². The molecule has 2 N–H and O–H groups in total. The van der Waals surface area contributed by atoms with Crippen LogP contribution in [0.1, 0.15) is 10.4 Å². The second kappa shape index (κ2) is 5.12. The number of anilines is 1. The van der Waals surface area contributed by atoms with Crippen LogP contribution >= 0.6 is 11.3 Å². The minimum absolute atomic E-state index is 0.225. The number of carbonyl (C=O) groups is 1. The Morgan fingerprint density at radius 3 is 2.64 bits per heavy atom. The van der Waals surface area contributed by atoms with E-state index in [-0.39, 0.29) is 5.91 Å². The summed E-state index contributed by atoms with van der Waals surface area (Å²) in [4.78, 5) is 12.8. The van der Waals surface area contributed by atoms with Crippen LogP contribution in [0.25, 0.3) is 15.2 Å². The van der Waals surface area contributed by atoms with Gasteiger partial charge in [0.2, 0.25) is 10.9 Å². The van der Waals surface area contributed by atoms with Gasteiger partial charge in [0, 0.05) is 5.56 Å². The molecule has 2 heterocycles. The average Bonchev–Trinajstić information content (AvgIpc) is 3.12. The Hall–Kier alpha value is -2.93. The molecule has 2 aromatic heterocycles. The summed E-state index contributed by atoms with van der Waals surface area (Å²) in [5.74, 6) is 0.258. The summed E-state index contributed by atoms with van der Waals surface area (Å²) in [6.45, 7) is 0. The first kappa shape index (κ1) is 12.8. The molecule has 0 saturated carbocycles. The van der Waals surface area contributed by atoms with Gasteiger partial charge in [0.05, 0.1) is 10.2 Å². The Morgan fingerprint density at radius 1 is 1.00 bits per heavy atom. The van der Waals surface area contributed by atoms with Crippen molar-refractivity contribution in [2.45, 2.75) is 0 Å². The van der Waals surface area contributed by atoms with Crippen LogP contribution in [0.3, 0.4) is 0 Å². The Balaban J connectivity index is 1.63. The number of nitrogens with one attached hydrogen (secondary N) is 2. The number of benzene rings is 2. The molecule has 7 heteroatoms. The summed E-state index contributed by atoms with van der Waals surface area (Å²) in [7, 11) is 0. The van der Waals surface area contributed by atoms with Crippen LogP contribution in [0.5, 0.6) is 0 Å². The lowest BCUT2D eigenvalue weighted by molar-refractivity contribution is 0.0962. The maximum absolute atomic E-state index is 12.0. The van der Waals surface area contributed by atoms with Crippen LogP contribution < -0.4 is 10.9 Å². The largest absolute Gasteiger partial charge is 0.269 e. The van der Waals surface area contributed by atoms with E-state index < -0.39 is 0 Å². The molecule has 0 fully saturated rings. The maximum Gasteiger partial charge on any atom is 0.269 e. The van der Waals surface area contributed by atoms with Gasteiger partial charge in [-0.3, -0.25) is 20.0 Å². The molecular formula is C15H11N5OS. The topological polar surface area (TPSA) is 71.3 Å².